The molecule has 0 aliphatic heterocycles. The number of sulfone groups is 1. The fourth-order valence-electron chi connectivity index (χ4n) is 1.58. The van der Waals surface area contributed by atoms with Gasteiger partial charge in [0, 0.05) is 23.9 Å². The van der Waals surface area contributed by atoms with Gasteiger partial charge in [-0.25, -0.2) is 18.4 Å². The third-order valence-corrected chi connectivity index (χ3v) is 4.58. The minimum Gasteiger partial charge on any atom is -0.357 e. The molecule has 2 rings (SSSR count). The largest absolute Gasteiger partial charge is 0.357 e. The fourth-order valence-corrected chi connectivity index (χ4v) is 3.09. The number of anilines is 1. The van der Waals surface area contributed by atoms with Crippen molar-refractivity contribution in [2.75, 3.05) is 18.6 Å². The zero-order valence-corrected chi connectivity index (χ0v) is 13.0. The molecule has 0 saturated carbocycles. The minimum absolute atomic E-state index is 0.316. The van der Waals surface area contributed by atoms with E-state index in [9.17, 15) is 8.42 Å². The molecule has 1 aromatic carbocycles. The third kappa shape index (κ3) is 3.71. The van der Waals surface area contributed by atoms with Gasteiger partial charge in [-0.2, -0.15) is 0 Å². The van der Waals surface area contributed by atoms with Crippen molar-refractivity contribution in [3.8, 4) is 0 Å². The quantitative estimate of drug-likeness (QED) is 0.874. The highest BCUT2D eigenvalue weighted by Gasteiger charge is 2.08. The fraction of sp³-hybridized carbons (Fsp3) is 0.231. The maximum atomic E-state index is 11.4. The predicted octanol–water partition coefficient (Wildman–Crippen LogP) is 2.38. The Kier molecular flexibility index (Phi) is 4.29. The second kappa shape index (κ2) is 5.80. The molecule has 1 N–H and O–H groups in total. The monoisotopic (exact) mass is 309 g/mol. The van der Waals surface area contributed by atoms with E-state index in [1.807, 2.05) is 13.0 Å². The van der Waals surface area contributed by atoms with E-state index in [4.69, 9.17) is 0 Å². The van der Waals surface area contributed by atoms with Gasteiger partial charge in [0.15, 0.2) is 9.84 Å². The first-order chi connectivity index (χ1) is 9.38. The number of rotatable bonds is 4. The van der Waals surface area contributed by atoms with Gasteiger partial charge in [-0.05, 0) is 37.3 Å². The summed E-state index contributed by atoms with van der Waals surface area (Å²) in [6.45, 7) is 1.90. The standard InChI is InChI=1S/C13H15N3O2S2/c1-9-8-12(16-13(14-2)15-9)19-10-4-6-11(7-5-10)20(3,17)18/h4-8H,1-3H3,(H,14,15,16). The number of benzene rings is 1. The van der Waals surface area contributed by atoms with Crippen LogP contribution in [0, 0.1) is 6.92 Å². The lowest BCUT2D eigenvalue weighted by atomic mass is 10.4. The number of hydrogen-bond donors (Lipinski definition) is 1. The molecule has 7 heteroatoms. The molecule has 0 saturated heterocycles. The van der Waals surface area contributed by atoms with Gasteiger partial charge < -0.3 is 5.32 Å². The van der Waals surface area contributed by atoms with Crippen molar-refractivity contribution in [1.82, 2.24) is 9.97 Å². The predicted molar refractivity (Wildman–Crippen MR) is 80.0 cm³/mol. The highest BCUT2D eigenvalue weighted by Crippen LogP contribution is 2.27. The Labute approximate surface area is 122 Å². The maximum Gasteiger partial charge on any atom is 0.223 e. The van der Waals surface area contributed by atoms with Crippen LogP contribution in [0.2, 0.25) is 0 Å². The summed E-state index contributed by atoms with van der Waals surface area (Å²) < 4.78 is 22.8. The van der Waals surface area contributed by atoms with Crippen LogP contribution in [-0.4, -0.2) is 31.7 Å². The SMILES string of the molecule is CNc1nc(C)cc(Sc2ccc(S(C)(=O)=O)cc2)n1. The van der Waals surface area contributed by atoms with Crippen molar-refractivity contribution in [3.05, 3.63) is 36.0 Å². The Morgan fingerprint density at radius 2 is 1.80 bits per heavy atom. The van der Waals surface area contributed by atoms with Crippen molar-refractivity contribution in [2.24, 2.45) is 0 Å². The molecule has 20 heavy (non-hydrogen) atoms. The molecule has 0 atom stereocenters. The number of nitrogens with one attached hydrogen (secondary N) is 1. The highest BCUT2D eigenvalue weighted by molar-refractivity contribution is 7.99. The molecule has 0 spiro atoms. The summed E-state index contributed by atoms with van der Waals surface area (Å²) in [5, 5.41) is 3.72. The number of aryl methyl sites for hydroxylation is 1. The summed E-state index contributed by atoms with van der Waals surface area (Å²) >= 11 is 1.46. The van der Waals surface area contributed by atoms with Gasteiger partial charge in [0.25, 0.3) is 0 Å². The number of nitrogens with zero attached hydrogens (tertiary/aromatic N) is 2. The summed E-state index contributed by atoms with van der Waals surface area (Å²) in [4.78, 5) is 9.81. The van der Waals surface area contributed by atoms with Crippen LogP contribution >= 0.6 is 11.8 Å². The van der Waals surface area contributed by atoms with Crippen molar-refractivity contribution in [2.45, 2.75) is 21.7 Å². The Bertz CT molecular complexity index is 713. The molecule has 1 aromatic heterocycles. The Hall–Kier alpha value is -1.60. The molecule has 0 radical (unpaired) electrons. The molecular formula is C13H15N3O2S2. The van der Waals surface area contributed by atoms with E-state index in [1.165, 1.54) is 18.0 Å². The molecule has 0 fully saturated rings. The van der Waals surface area contributed by atoms with Crippen molar-refractivity contribution in [1.29, 1.82) is 0 Å². The molecule has 106 valence electrons. The van der Waals surface area contributed by atoms with Gasteiger partial charge in [-0.15, -0.1) is 0 Å². The summed E-state index contributed by atoms with van der Waals surface area (Å²) in [6, 6.07) is 8.64. The van der Waals surface area contributed by atoms with Gasteiger partial charge >= 0.3 is 0 Å². The molecule has 0 amide bonds. The Balaban J connectivity index is 2.24. The Morgan fingerprint density at radius 1 is 1.15 bits per heavy atom. The van der Waals surface area contributed by atoms with E-state index in [2.05, 4.69) is 15.3 Å². The maximum absolute atomic E-state index is 11.4. The van der Waals surface area contributed by atoms with Crippen molar-refractivity contribution >= 4 is 27.5 Å². The van der Waals surface area contributed by atoms with E-state index in [0.717, 1.165) is 15.6 Å². The average Bonchev–Trinajstić information content (AvgIpc) is 2.37. The van der Waals surface area contributed by atoms with Crippen LogP contribution in [0.25, 0.3) is 0 Å². The molecule has 0 aliphatic carbocycles. The molecule has 1 heterocycles. The zero-order valence-electron chi connectivity index (χ0n) is 11.4. The first-order valence-corrected chi connectivity index (χ1v) is 8.61. The summed E-state index contributed by atoms with van der Waals surface area (Å²) in [7, 11) is -1.39. The lowest BCUT2D eigenvalue weighted by Gasteiger charge is -2.05. The van der Waals surface area contributed by atoms with Crippen LogP contribution in [0.5, 0.6) is 0 Å². The van der Waals surface area contributed by atoms with E-state index in [1.54, 1.807) is 31.3 Å². The van der Waals surface area contributed by atoms with Crippen LogP contribution in [0.4, 0.5) is 5.95 Å². The summed E-state index contributed by atoms with van der Waals surface area (Å²) in [5.74, 6) is 0.570. The van der Waals surface area contributed by atoms with Crippen LogP contribution < -0.4 is 5.32 Å². The smallest absolute Gasteiger partial charge is 0.223 e. The van der Waals surface area contributed by atoms with Gasteiger partial charge in [0.1, 0.15) is 5.03 Å². The molecule has 5 nitrogen and oxygen atoms in total. The average molecular weight is 309 g/mol. The van der Waals surface area contributed by atoms with Crippen LogP contribution in [0.15, 0.2) is 45.1 Å². The van der Waals surface area contributed by atoms with E-state index < -0.39 is 9.84 Å². The second-order valence-corrected chi connectivity index (χ2v) is 7.38. The highest BCUT2D eigenvalue weighted by atomic mass is 32.2. The third-order valence-electron chi connectivity index (χ3n) is 2.53. The summed E-state index contributed by atoms with van der Waals surface area (Å²) in [5.41, 5.74) is 0.875. The lowest BCUT2D eigenvalue weighted by Crippen LogP contribution is -1.98. The van der Waals surface area contributed by atoms with Gasteiger partial charge in [0.2, 0.25) is 5.95 Å². The first kappa shape index (κ1) is 14.8. The first-order valence-electron chi connectivity index (χ1n) is 5.90. The van der Waals surface area contributed by atoms with Crippen LogP contribution in [0.3, 0.4) is 0 Å². The van der Waals surface area contributed by atoms with Gasteiger partial charge in [0.05, 0.1) is 4.90 Å². The van der Waals surface area contributed by atoms with Crippen LogP contribution in [-0.2, 0) is 9.84 Å². The van der Waals surface area contributed by atoms with E-state index in [0.29, 0.717) is 10.8 Å². The van der Waals surface area contributed by atoms with E-state index in [-0.39, 0.29) is 0 Å². The van der Waals surface area contributed by atoms with E-state index >= 15 is 0 Å². The molecule has 0 bridgehead atoms. The van der Waals surface area contributed by atoms with Crippen LogP contribution in [0.1, 0.15) is 5.69 Å². The summed E-state index contributed by atoms with van der Waals surface area (Å²) in [6.07, 6.45) is 1.20. The Morgan fingerprint density at radius 3 is 2.35 bits per heavy atom. The number of aromatic nitrogens is 2. The molecule has 0 unspecified atom stereocenters. The van der Waals surface area contributed by atoms with Gasteiger partial charge in [-0.1, -0.05) is 11.8 Å². The minimum atomic E-state index is -3.15. The zero-order chi connectivity index (χ0) is 14.8. The van der Waals surface area contributed by atoms with Crippen molar-refractivity contribution in [3.63, 3.8) is 0 Å². The topological polar surface area (TPSA) is 72.0 Å². The lowest BCUT2D eigenvalue weighted by molar-refractivity contribution is 0.602. The normalized spacial score (nSPS) is 11.3. The van der Waals surface area contributed by atoms with Gasteiger partial charge in [-0.3, -0.25) is 0 Å². The van der Waals surface area contributed by atoms with Crippen molar-refractivity contribution < 1.29 is 8.42 Å². The number of hydrogen-bond acceptors (Lipinski definition) is 6. The molecular weight excluding hydrogens is 294 g/mol. The molecule has 2 aromatic rings. The second-order valence-electron chi connectivity index (χ2n) is 4.27. The molecule has 0 aliphatic rings.